The molecule has 6 nitrogen and oxygen atoms in total. The zero-order chi connectivity index (χ0) is 12.9. The fourth-order valence-electron chi connectivity index (χ4n) is 2.37. The summed E-state index contributed by atoms with van der Waals surface area (Å²) in [6.07, 6.45) is 4.66. The third-order valence-corrected chi connectivity index (χ3v) is 3.22. The number of phenolic OH excluding ortho intramolecular Hbond substituents is 1. The van der Waals surface area contributed by atoms with Gasteiger partial charge in [-0.1, -0.05) is 18.2 Å². The van der Waals surface area contributed by atoms with Gasteiger partial charge >= 0.3 is 0 Å². The maximum atomic E-state index is 10.1. The molecule has 94 valence electrons. The molecule has 1 aromatic carbocycles. The molecular weight excluding hydrogens is 236 g/mol. The van der Waals surface area contributed by atoms with Crippen molar-refractivity contribution in [1.82, 2.24) is 0 Å². The molecule has 0 aromatic heterocycles. The Bertz CT molecular complexity index is 555. The lowest BCUT2D eigenvalue weighted by Gasteiger charge is -2.43. The lowest BCUT2D eigenvalue weighted by molar-refractivity contribution is 0.136. The van der Waals surface area contributed by atoms with Crippen LogP contribution in [0.1, 0.15) is 0 Å². The highest BCUT2D eigenvalue weighted by Crippen LogP contribution is 2.44. The minimum atomic E-state index is -0.797. The zero-order valence-corrected chi connectivity index (χ0v) is 9.30. The molecule has 0 saturated heterocycles. The third-order valence-electron chi connectivity index (χ3n) is 3.22. The molecule has 0 fully saturated rings. The first kappa shape index (κ1) is 10.9. The smallest absolute Gasteiger partial charge is 0.143 e. The van der Waals surface area contributed by atoms with Gasteiger partial charge in [0.05, 0.1) is 5.69 Å². The molecule has 0 amide bonds. The molecule has 6 heteroatoms. The van der Waals surface area contributed by atoms with E-state index < -0.39 is 12.1 Å². The highest BCUT2D eigenvalue weighted by Gasteiger charge is 2.42. The van der Waals surface area contributed by atoms with Gasteiger partial charge in [-0.2, -0.15) is 0 Å². The summed E-state index contributed by atoms with van der Waals surface area (Å²) in [5.41, 5.74) is 0.342. The van der Waals surface area contributed by atoms with Crippen LogP contribution in [0.25, 0.3) is 0 Å². The Labute approximate surface area is 103 Å². The molecule has 0 spiro atoms. The van der Waals surface area contributed by atoms with Gasteiger partial charge in [0, 0.05) is 0 Å². The van der Waals surface area contributed by atoms with Crippen LogP contribution in [-0.4, -0.2) is 32.7 Å². The fourth-order valence-corrected chi connectivity index (χ4v) is 2.37. The van der Waals surface area contributed by atoms with Crippen LogP contribution in [0.3, 0.4) is 0 Å². The number of benzene rings is 1. The number of para-hydroxylation sites is 1. The van der Waals surface area contributed by atoms with Crippen LogP contribution in [0.2, 0.25) is 0 Å². The molecule has 1 aromatic rings. The van der Waals surface area contributed by atoms with Gasteiger partial charge in [-0.05, 0) is 18.2 Å². The predicted molar refractivity (Wildman–Crippen MR) is 64.1 cm³/mol. The third kappa shape index (κ3) is 1.30. The van der Waals surface area contributed by atoms with Gasteiger partial charge in [-0.15, -0.1) is 0 Å². The minimum absolute atomic E-state index is 0.0574. The first-order valence-electron chi connectivity index (χ1n) is 5.47. The quantitative estimate of drug-likeness (QED) is 0.557. The van der Waals surface area contributed by atoms with Crippen molar-refractivity contribution in [1.29, 1.82) is 0 Å². The Balaban J connectivity index is 2.19. The summed E-state index contributed by atoms with van der Waals surface area (Å²) in [4.78, 5) is 0. The highest BCUT2D eigenvalue weighted by atomic mass is 16.5. The minimum Gasteiger partial charge on any atom is -0.510 e. The number of allylic oxidation sites excluding steroid dienone is 2. The number of fused-ring (bicyclic) bond motifs is 2. The summed E-state index contributed by atoms with van der Waals surface area (Å²) in [5, 5.41) is 41.5. The van der Waals surface area contributed by atoms with E-state index in [0.29, 0.717) is 0 Å². The van der Waals surface area contributed by atoms with E-state index >= 15 is 0 Å². The largest absolute Gasteiger partial charge is 0.510 e. The van der Waals surface area contributed by atoms with Gasteiger partial charge in [-0.25, -0.2) is 10.1 Å². The van der Waals surface area contributed by atoms with Gasteiger partial charge in [0.2, 0.25) is 0 Å². The van der Waals surface area contributed by atoms with Gasteiger partial charge in [0.25, 0.3) is 0 Å². The van der Waals surface area contributed by atoms with Crippen molar-refractivity contribution < 1.29 is 20.6 Å². The highest BCUT2D eigenvalue weighted by molar-refractivity contribution is 5.79. The second-order valence-corrected chi connectivity index (χ2v) is 4.25. The lowest BCUT2D eigenvalue weighted by Crippen LogP contribution is -2.55. The van der Waals surface area contributed by atoms with Crippen molar-refractivity contribution >= 4 is 11.4 Å². The molecule has 2 unspecified atom stereocenters. The maximum absolute atomic E-state index is 10.1. The van der Waals surface area contributed by atoms with E-state index in [2.05, 4.69) is 0 Å². The molecule has 1 aliphatic carbocycles. The molecule has 0 radical (unpaired) electrons. The Kier molecular flexibility index (Phi) is 2.22. The second-order valence-electron chi connectivity index (χ2n) is 4.25. The van der Waals surface area contributed by atoms with Crippen LogP contribution in [0, 0.1) is 0 Å². The van der Waals surface area contributed by atoms with E-state index in [-0.39, 0.29) is 22.9 Å². The number of aliphatic hydroxyl groups excluding tert-OH is 1. The van der Waals surface area contributed by atoms with E-state index in [4.69, 9.17) is 0 Å². The number of hydroxylamine groups is 2. The fraction of sp³-hybridized carbons (Fsp3) is 0.167. The Hall–Kier alpha value is -2.18. The molecule has 1 aliphatic heterocycles. The Morgan fingerprint density at radius 3 is 2.61 bits per heavy atom. The van der Waals surface area contributed by atoms with Gasteiger partial charge in [0.15, 0.2) is 0 Å². The maximum Gasteiger partial charge on any atom is 0.143 e. The van der Waals surface area contributed by atoms with E-state index in [1.165, 1.54) is 12.1 Å². The van der Waals surface area contributed by atoms with Gasteiger partial charge in [0.1, 0.15) is 29.3 Å². The molecule has 2 atom stereocenters. The average molecular weight is 248 g/mol. The molecule has 4 N–H and O–H groups in total. The molecule has 3 rings (SSSR count). The van der Waals surface area contributed by atoms with Crippen molar-refractivity contribution in [3.05, 3.63) is 42.2 Å². The Morgan fingerprint density at radius 1 is 1.06 bits per heavy atom. The van der Waals surface area contributed by atoms with Crippen LogP contribution in [0.5, 0.6) is 5.75 Å². The summed E-state index contributed by atoms with van der Waals surface area (Å²) in [6.45, 7) is 0. The van der Waals surface area contributed by atoms with E-state index in [1.807, 2.05) is 0 Å². The van der Waals surface area contributed by atoms with Crippen molar-refractivity contribution in [3.8, 4) is 5.75 Å². The summed E-state index contributed by atoms with van der Waals surface area (Å²) < 4.78 is 0. The number of hydrogen-bond acceptors (Lipinski definition) is 6. The molecular formula is C12H12N2O4. The standard InChI is InChI=1S/C12H12N2O4/c15-9-5-1-3-7-11(9)14(18)8-4-2-6-10(16)12(8)13(7)17/h1-7,11,15-18H. The molecule has 1 heterocycles. The van der Waals surface area contributed by atoms with Crippen molar-refractivity contribution in [2.45, 2.75) is 12.1 Å². The summed E-state index contributed by atoms with van der Waals surface area (Å²) in [7, 11) is 0. The van der Waals surface area contributed by atoms with Crippen molar-refractivity contribution in [3.63, 3.8) is 0 Å². The number of anilines is 2. The topological polar surface area (TPSA) is 87.4 Å². The molecule has 0 bridgehead atoms. The van der Waals surface area contributed by atoms with E-state index in [0.717, 1.165) is 10.1 Å². The van der Waals surface area contributed by atoms with E-state index in [9.17, 15) is 20.6 Å². The van der Waals surface area contributed by atoms with Gasteiger partial charge in [-0.3, -0.25) is 10.4 Å². The SMILES string of the molecule is OC1=CC=CC2C1N(O)c1cccc(O)c1N2O. The molecule has 18 heavy (non-hydrogen) atoms. The Morgan fingerprint density at radius 2 is 1.83 bits per heavy atom. The summed E-state index contributed by atoms with van der Waals surface area (Å²) >= 11 is 0. The number of nitrogens with zero attached hydrogens (tertiary/aromatic N) is 2. The number of rotatable bonds is 0. The van der Waals surface area contributed by atoms with Crippen LogP contribution in [0.4, 0.5) is 11.4 Å². The number of phenols is 1. The zero-order valence-electron chi connectivity index (χ0n) is 9.30. The van der Waals surface area contributed by atoms with Gasteiger partial charge < -0.3 is 10.2 Å². The monoisotopic (exact) mass is 248 g/mol. The summed E-state index contributed by atoms with van der Waals surface area (Å²) in [5.74, 6) is -0.201. The second kappa shape index (κ2) is 3.66. The predicted octanol–water partition coefficient (Wildman–Crippen LogP) is 1.55. The normalized spacial score (nSPS) is 25.6. The first-order valence-corrected chi connectivity index (χ1v) is 5.47. The average Bonchev–Trinajstić information content (AvgIpc) is 2.35. The number of aromatic hydroxyl groups is 1. The lowest BCUT2D eigenvalue weighted by atomic mass is 9.96. The van der Waals surface area contributed by atoms with Crippen molar-refractivity contribution in [2.24, 2.45) is 0 Å². The van der Waals surface area contributed by atoms with Crippen molar-refractivity contribution in [2.75, 3.05) is 10.1 Å². The molecule has 0 saturated carbocycles. The van der Waals surface area contributed by atoms with Crippen LogP contribution < -0.4 is 10.1 Å². The van der Waals surface area contributed by atoms with Crippen LogP contribution in [0.15, 0.2) is 42.2 Å². The molecule has 2 aliphatic rings. The van der Waals surface area contributed by atoms with E-state index in [1.54, 1.807) is 24.3 Å². The van der Waals surface area contributed by atoms with Crippen LogP contribution in [-0.2, 0) is 0 Å². The summed E-state index contributed by atoms with van der Waals surface area (Å²) in [6, 6.07) is 3.04. The van der Waals surface area contributed by atoms with Crippen LogP contribution >= 0.6 is 0 Å². The first-order chi connectivity index (χ1) is 8.61. The number of aliphatic hydroxyl groups is 1. The number of hydrogen-bond donors (Lipinski definition) is 4.